The third-order valence-corrected chi connectivity index (χ3v) is 4.23. The standard InChI is InChI=1S/C21H29N5O3S/c1-21(2,3)29-20(28)24-12-5-4-10-16(26-19(22)30)18(27)25-15-11-6-8-14-9-7-13-23-17(14)15/h6-9,11,13,16H,4-5,10,12H2,1-3H3,(H,24,28)(H,25,27)(H3,22,26,30)/t16-/m0/s1. The number of carbonyl (C=O) groups is 2. The number of pyridine rings is 1. The van der Waals surface area contributed by atoms with Crippen molar-refractivity contribution in [1.29, 1.82) is 0 Å². The van der Waals surface area contributed by atoms with E-state index in [1.165, 1.54) is 0 Å². The van der Waals surface area contributed by atoms with Crippen LogP contribution >= 0.6 is 12.2 Å². The average molecular weight is 432 g/mol. The van der Waals surface area contributed by atoms with E-state index in [1.807, 2.05) is 45.0 Å². The summed E-state index contributed by atoms with van der Waals surface area (Å²) in [4.78, 5) is 28.8. The van der Waals surface area contributed by atoms with Crippen molar-refractivity contribution in [2.24, 2.45) is 5.73 Å². The van der Waals surface area contributed by atoms with Gasteiger partial charge in [0, 0.05) is 18.1 Å². The number of nitrogens with two attached hydrogens (primary N) is 1. The van der Waals surface area contributed by atoms with Crippen LogP contribution in [0.4, 0.5) is 10.5 Å². The highest BCUT2D eigenvalue weighted by atomic mass is 32.1. The first-order valence-corrected chi connectivity index (χ1v) is 10.2. The SMILES string of the molecule is CC(C)(C)OC(=O)NCCCC[C@H](NC(N)=S)C(=O)Nc1cccc2cccnc12. The minimum absolute atomic E-state index is 0.0538. The predicted molar refractivity (Wildman–Crippen MR) is 122 cm³/mol. The summed E-state index contributed by atoms with van der Waals surface area (Å²) in [7, 11) is 0. The molecule has 1 atom stereocenters. The number of nitrogens with zero attached hydrogens (tertiary/aromatic N) is 1. The van der Waals surface area contributed by atoms with Crippen molar-refractivity contribution in [3.63, 3.8) is 0 Å². The Hall–Kier alpha value is -2.94. The second kappa shape index (κ2) is 10.7. The molecule has 1 aromatic carbocycles. The molecule has 1 aromatic heterocycles. The summed E-state index contributed by atoms with van der Waals surface area (Å²) in [6.07, 6.45) is 3.08. The van der Waals surface area contributed by atoms with E-state index in [9.17, 15) is 9.59 Å². The molecule has 0 unspecified atom stereocenters. The van der Waals surface area contributed by atoms with Crippen LogP contribution in [0.1, 0.15) is 40.0 Å². The summed E-state index contributed by atoms with van der Waals surface area (Å²) in [5.74, 6) is -0.249. The van der Waals surface area contributed by atoms with Crippen LogP contribution in [0.5, 0.6) is 0 Å². The van der Waals surface area contributed by atoms with Gasteiger partial charge in [-0.25, -0.2) is 4.79 Å². The summed E-state index contributed by atoms with van der Waals surface area (Å²) in [6, 6.07) is 8.77. The van der Waals surface area contributed by atoms with Crippen LogP contribution in [0, 0.1) is 0 Å². The number of rotatable bonds is 8. The van der Waals surface area contributed by atoms with Gasteiger partial charge in [-0.2, -0.15) is 0 Å². The maximum atomic E-state index is 12.8. The molecule has 0 aliphatic carbocycles. The molecule has 0 radical (unpaired) electrons. The van der Waals surface area contributed by atoms with Crippen LogP contribution in [0.25, 0.3) is 10.9 Å². The lowest BCUT2D eigenvalue weighted by molar-refractivity contribution is -0.118. The number of hydrogen-bond acceptors (Lipinski definition) is 5. The Morgan fingerprint density at radius 2 is 1.93 bits per heavy atom. The van der Waals surface area contributed by atoms with Gasteiger partial charge in [0.25, 0.3) is 0 Å². The van der Waals surface area contributed by atoms with Crippen molar-refractivity contribution in [1.82, 2.24) is 15.6 Å². The molecule has 0 bridgehead atoms. The molecule has 0 aliphatic heterocycles. The third kappa shape index (κ3) is 7.82. The first-order chi connectivity index (χ1) is 14.2. The van der Waals surface area contributed by atoms with Crippen molar-refractivity contribution in [3.8, 4) is 0 Å². The molecule has 1 heterocycles. The van der Waals surface area contributed by atoms with Crippen LogP contribution < -0.4 is 21.7 Å². The summed E-state index contributed by atoms with van der Waals surface area (Å²) in [5, 5.41) is 9.44. The van der Waals surface area contributed by atoms with Crippen LogP contribution in [-0.2, 0) is 9.53 Å². The maximum Gasteiger partial charge on any atom is 0.407 e. The number of unbranched alkanes of at least 4 members (excludes halogenated alkanes) is 1. The highest BCUT2D eigenvalue weighted by molar-refractivity contribution is 7.80. The van der Waals surface area contributed by atoms with E-state index in [2.05, 4.69) is 20.9 Å². The second-order valence-electron chi connectivity index (χ2n) is 7.86. The van der Waals surface area contributed by atoms with Crippen LogP contribution in [0.3, 0.4) is 0 Å². The lowest BCUT2D eigenvalue weighted by Gasteiger charge is -2.20. The number of aromatic nitrogens is 1. The van der Waals surface area contributed by atoms with E-state index in [0.717, 1.165) is 5.39 Å². The third-order valence-electron chi connectivity index (χ3n) is 4.11. The number of alkyl carbamates (subject to hydrolysis) is 1. The highest BCUT2D eigenvalue weighted by Gasteiger charge is 2.20. The molecule has 9 heteroatoms. The first kappa shape index (κ1) is 23.3. The molecule has 2 rings (SSSR count). The molecular weight excluding hydrogens is 402 g/mol. The van der Waals surface area contributed by atoms with Crippen LogP contribution in [-0.4, -0.2) is 40.3 Å². The molecule has 5 N–H and O–H groups in total. The molecule has 8 nitrogen and oxygen atoms in total. The van der Waals surface area contributed by atoms with Gasteiger partial charge in [0.15, 0.2) is 5.11 Å². The predicted octanol–water partition coefficient (Wildman–Crippen LogP) is 3.07. The number of thiocarbonyl (C=S) groups is 1. The Balaban J connectivity index is 1.89. The number of fused-ring (bicyclic) bond motifs is 1. The summed E-state index contributed by atoms with van der Waals surface area (Å²) in [5.41, 5.74) is 6.40. The second-order valence-corrected chi connectivity index (χ2v) is 8.30. The fourth-order valence-corrected chi connectivity index (χ4v) is 2.99. The molecule has 2 aromatic rings. The number of anilines is 1. The van der Waals surface area contributed by atoms with E-state index in [4.69, 9.17) is 22.7 Å². The Morgan fingerprint density at radius 3 is 2.63 bits per heavy atom. The largest absolute Gasteiger partial charge is 0.444 e. The zero-order valence-corrected chi connectivity index (χ0v) is 18.3. The van der Waals surface area contributed by atoms with Gasteiger partial charge in [-0.05, 0) is 64.4 Å². The van der Waals surface area contributed by atoms with E-state index >= 15 is 0 Å². The zero-order chi connectivity index (χ0) is 22.1. The number of amides is 2. The van der Waals surface area contributed by atoms with Gasteiger partial charge in [-0.3, -0.25) is 9.78 Å². The van der Waals surface area contributed by atoms with Crippen molar-refractivity contribution in [2.75, 3.05) is 11.9 Å². The van der Waals surface area contributed by atoms with Gasteiger partial charge >= 0.3 is 6.09 Å². The maximum absolute atomic E-state index is 12.8. The van der Waals surface area contributed by atoms with E-state index < -0.39 is 17.7 Å². The van der Waals surface area contributed by atoms with Crippen molar-refractivity contribution < 1.29 is 14.3 Å². The van der Waals surface area contributed by atoms with E-state index in [1.54, 1.807) is 12.3 Å². The zero-order valence-electron chi connectivity index (χ0n) is 17.5. The smallest absolute Gasteiger partial charge is 0.407 e. The van der Waals surface area contributed by atoms with Gasteiger partial charge in [0.1, 0.15) is 11.6 Å². The lowest BCUT2D eigenvalue weighted by Crippen LogP contribution is -2.46. The van der Waals surface area contributed by atoms with Gasteiger partial charge < -0.3 is 26.4 Å². The van der Waals surface area contributed by atoms with Crippen LogP contribution in [0.15, 0.2) is 36.5 Å². The number of ether oxygens (including phenoxy) is 1. The lowest BCUT2D eigenvalue weighted by atomic mass is 10.1. The Kier molecular flexibility index (Phi) is 8.35. The fraction of sp³-hybridized carbons (Fsp3) is 0.429. The summed E-state index contributed by atoms with van der Waals surface area (Å²) in [6.45, 7) is 5.87. The molecule has 0 saturated heterocycles. The number of carbonyl (C=O) groups excluding carboxylic acids is 2. The van der Waals surface area contributed by atoms with Crippen LogP contribution in [0.2, 0.25) is 0 Å². The average Bonchev–Trinajstić information content (AvgIpc) is 2.65. The van der Waals surface area contributed by atoms with Crippen molar-refractivity contribution in [3.05, 3.63) is 36.5 Å². The van der Waals surface area contributed by atoms with Crippen molar-refractivity contribution in [2.45, 2.75) is 51.7 Å². The molecular formula is C21H29N5O3S. The summed E-state index contributed by atoms with van der Waals surface area (Å²) < 4.78 is 5.19. The molecule has 0 fully saturated rings. The Bertz CT molecular complexity index is 892. The molecule has 2 amide bonds. The summed E-state index contributed by atoms with van der Waals surface area (Å²) >= 11 is 4.92. The van der Waals surface area contributed by atoms with Gasteiger partial charge in [0.2, 0.25) is 5.91 Å². The molecule has 0 aliphatic rings. The Morgan fingerprint density at radius 1 is 1.20 bits per heavy atom. The van der Waals surface area contributed by atoms with Crippen molar-refractivity contribution >= 4 is 45.9 Å². The quantitative estimate of drug-likeness (QED) is 0.375. The first-order valence-electron chi connectivity index (χ1n) is 9.83. The van der Waals surface area contributed by atoms with E-state index in [-0.39, 0.29) is 11.0 Å². The number of hydrogen-bond donors (Lipinski definition) is 4. The number of nitrogens with one attached hydrogen (secondary N) is 3. The van der Waals surface area contributed by atoms with Gasteiger partial charge in [-0.15, -0.1) is 0 Å². The highest BCUT2D eigenvalue weighted by Crippen LogP contribution is 2.21. The molecule has 162 valence electrons. The topological polar surface area (TPSA) is 118 Å². The molecule has 30 heavy (non-hydrogen) atoms. The van der Waals surface area contributed by atoms with Gasteiger partial charge in [-0.1, -0.05) is 18.2 Å². The van der Waals surface area contributed by atoms with E-state index in [0.29, 0.717) is 37.0 Å². The molecule has 0 spiro atoms. The molecule has 0 saturated carbocycles. The van der Waals surface area contributed by atoms with Gasteiger partial charge in [0.05, 0.1) is 11.2 Å². The minimum atomic E-state index is -0.594. The minimum Gasteiger partial charge on any atom is -0.444 e. The fourth-order valence-electron chi connectivity index (χ4n) is 2.84. The number of benzene rings is 1. The normalized spacial score (nSPS) is 12.1. The number of para-hydroxylation sites is 1. The monoisotopic (exact) mass is 431 g/mol. The Labute approximate surface area is 181 Å².